The largest absolute Gasteiger partial charge is 0.511 e. The second kappa shape index (κ2) is 8.95. The van der Waals surface area contributed by atoms with Crippen molar-refractivity contribution < 1.29 is 52.3 Å². The van der Waals surface area contributed by atoms with E-state index >= 15 is 0 Å². The molecule has 2 heterocycles. The number of carbonyl (C=O) groups excluding carboxylic acids is 4. The van der Waals surface area contributed by atoms with Crippen molar-refractivity contribution >= 4 is 24.2 Å². The first-order valence-corrected chi connectivity index (χ1v) is 8.34. The molecule has 0 aromatic carbocycles. The molecule has 2 fully saturated rings. The van der Waals surface area contributed by atoms with E-state index in [9.17, 15) is 19.2 Å². The van der Waals surface area contributed by atoms with E-state index in [0.29, 0.717) is 0 Å². The number of carbonyl (C=O) groups is 4. The van der Waals surface area contributed by atoms with Gasteiger partial charge in [-0.3, -0.25) is 0 Å². The summed E-state index contributed by atoms with van der Waals surface area (Å²) >= 11 is 0. The quantitative estimate of drug-likeness (QED) is 0.341. The van der Waals surface area contributed by atoms with Crippen LogP contribution in [0, 0.1) is 13.0 Å². The first-order valence-electron chi connectivity index (χ1n) is 8.34. The highest BCUT2D eigenvalue weighted by molar-refractivity contribution is 5.87. The van der Waals surface area contributed by atoms with E-state index in [1.54, 1.807) is 0 Å². The van der Waals surface area contributed by atoms with Crippen molar-refractivity contribution in [2.75, 3.05) is 19.8 Å². The monoisotopic (exact) mass is 412 g/mol. The number of cyclic esters (lactones) is 4. The Kier molecular flexibility index (Phi) is 6.85. The lowest BCUT2D eigenvalue weighted by atomic mass is 9.96. The molecular weight excluding hydrogens is 392 g/mol. The molecule has 11 heteroatoms. The van der Waals surface area contributed by atoms with Crippen molar-refractivity contribution in [3.8, 4) is 0 Å². The van der Waals surface area contributed by atoms with Gasteiger partial charge >= 0.3 is 30.0 Å². The van der Waals surface area contributed by atoms with E-state index in [1.165, 1.54) is 13.8 Å². The molecule has 0 amide bonds. The topological polar surface area (TPSA) is 133 Å². The molecule has 0 saturated carbocycles. The van der Waals surface area contributed by atoms with Crippen LogP contribution in [0.25, 0.3) is 0 Å². The van der Waals surface area contributed by atoms with E-state index in [2.05, 4.69) is 20.1 Å². The summed E-state index contributed by atoms with van der Waals surface area (Å²) in [7, 11) is 0. The Labute approximate surface area is 166 Å². The van der Waals surface area contributed by atoms with Crippen molar-refractivity contribution in [1.82, 2.24) is 0 Å². The Bertz CT molecular complexity index is 727. The second-order valence-corrected chi connectivity index (χ2v) is 6.05. The highest BCUT2D eigenvalue weighted by atomic mass is 16.8. The molecule has 2 aliphatic rings. The molecule has 2 saturated heterocycles. The fourth-order valence-electron chi connectivity index (χ4n) is 2.39. The van der Waals surface area contributed by atoms with Crippen molar-refractivity contribution in [1.29, 1.82) is 0 Å². The summed E-state index contributed by atoms with van der Waals surface area (Å²) in [6, 6.07) is 0. The van der Waals surface area contributed by atoms with Gasteiger partial charge in [-0.1, -0.05) is 13.2 Å². The molecule has 158 valence electrons. The van der Waals surface area contributed by atoms with Gasteiger partial charge in [0.2, 0.25) is 6.10 Å². The first kappa shape index (κ1) is 22.2. The molecule has 29 heavy (non-hydrogen) atoms. The van der Waals surface area contributed by atoms with Gasteiger partial charge in [-0.2, -0.15) is 0 Å². The molecule has 2 rings (SSSR count). The van der Waals surface area contributed by atoms with Crippen LogP contribution in [0.1, 0.15) is 13.8 Å². The molecular formula is C18H20O11. The molecule has 0 N–H and O–H groups in total. The van der Waals surface area contributed by atoms with Crippen LogP contribution < -0.4 is 0 Å². The maximum absolute atomic E-state index is 12.1. The highest BCUT2D eigenvalue weighted by Crippen LogP contribution is 2.41. The fourth-order valence-corrected chi connectivity index (χ4v) is 2.39. The summed E-state index contributed by atoms with van der Waals surface area (Å²) in [5.74, 6) is -4.00. The number of ether oxygens (including phenoxy) is 7. The lowest BCUT2D eigenvalue weighted by Crippen LogP contribution is -2.65. The molecule has 2 radical (unpaired) electrons. The molecule has 0 aromatic heterocycles. The van der Waals surface area contributed by atoms with E-state index in [4.69, 9.17) is 33.2 Å². The number of rotatable bonds is 7. The Morgan fingerprint density at radius 2 is 1.62 bits per heavy atom. The van der Waals surface area contributed by atoms with E-state index in [0.717, 1.165) is 0 Å². The normalized spacial score (nSPS) is 26.9. The molecule has 3 unspecified atom stereocenters. The van der Waals surface area contributed by atoms with Gasteiger partial charge in [-0.05, 0) is 20.8 Å². The van der Waals surface area contributed by atoms with E-state index in [-0.39, 0.29) is 17.8 Å². The summed E-state index contributed by atoms with van der Waals surface area (Å²) in [4.78, 5) is 47.7. The standard InChI is InChI=1S/C18H20O11/c1-6-25-18(12(8-24-17(22)29-18)27-15(20)10(4)5)13-11(7-23-16(21)28-13)26-14(19)9(2)3/h11-12H,1-2,4,6-8H2,3,5H3. The Hall–Kier alpha value is -3.08. The van der Waals surface area contributed by atoms with Crippen molar-refractivity contribution in [3.63, 3.8) is 0 Å². The number of hydrogen-bond donors (Lipinski definition) is 0. The van der Waals surface area contributed by atoms with Gasteiger partial charge in [-0.15, -0.1) is 0 Å². The third-order valence-electron chi connectivity index (χ3n) is 3.71. The average molecular weight is 412 g/mol. The van der Waals surface area contributed by atoms with Gasteiger partial charge in [0.05, 0.1) is 6.61 Å². The van der Waals surface area contributed by atoms with Crippen molar-refractivity contribution in [3.05, 3.63) is 37.3 Å². The zero-order valence-electron chi connectivity index (χ0n) is 15.9. The Balaban J connectivity index is 2.46. The predicted octanol–water partition coefficient (Wildman–Crippen LogP) is 1.37. The van der Waals surface area contributed by atoms with E-state index < -0.39 is 61.6 Å². The van der Waals surface area contributed by atoms with Crippen molar-refractivity contribution in [2.45, 2.75) is 31.8 Å². The number of esters is 2. The molecule has 0 spiro atoms. The molecule has 0 aromatic rings. The minimum Gasteiger partial charge on any atom is -0.451 e. The van der Waals surface area contributed by atoms with Gasteiger partial charge < -0.3 is 33.2 Å². The van der Waals surface area contributed by atoms with Gasteiger partial charge in [0.1, 0.15) is 13.2 Å². The molecule has 11 nitrogen and oxygen atoms in total. The average Bonchev–Trinajstić information content (AvgIpc) is 2.65. The Morgan fingerprint density at radius 3 is 2.21 bits per heavy atom. The van der Waals surface area contributed by atoms with Crippen LogP contribution in [0.3, 0.4) is 0 Å². The lowest BCUT2D eigenvalue weighted by Gasteiger charge is -2.45. The van der Waals surface area contributed by atoms with Crippen LogP contribution in [0.2, 0.25) is 0 Å². The summed E-state index contributed by atoms with van der Waals surface area (Å²) in [5, 5.41) is 0. The van der Waals surface area contributed by atoms with Gasteiger partial charge in [0, 0.05) is 11.1 Å². The summed E-state index contributed by atoms with van der Waals surface area (Å²) < 4.78 is 35.6. The maximum atomic E-state index is 12.1. The minimum absolute atomic E-state index is 0.0321. The summed E-state index contributed by atoms with van der Waals surface area (Å²) in [6.07, 6.45) is -5.69. The zero-order chi connectivity index (χ0) is 21.8. The molecule has 0 bridgehead atoms. The van der Waals surface area contributed by atoms with Crippen LogP contribution in [0.5, 0.6) is 0 Å². The zero-order valence-corrected chi connectivity index (χ0v) is 15.9. The van der Waals surface area contributed by atoms with Crippen LogP contribution in [-0.2, 0) is 42.7 Å². The van der Waals surface area contributed by atoms with Crippen LogP contribution in [-0.4, -0.2) is 62.1 Å². The van der Waals surface area contributed by atoms with Crippen LogP contribution in [0.15, 0.2) is 24.3 Å². The van der Waals surface area contributed by atoms with Gasteiger partial charge in [-0.25, -0.2) is 19.2 Å². The van der Waals surface area contributed by atoms with Gasteiger partial charge in [0.15, 0.2) is 6.10 Å². The predicted molar refractivity (Wildman–Crippen MR) is 91.5 cm³/mol. The smallest absolute Gasteiger partial charge is 0.451 e. The van der Waals surface area contributed by atoms with Crippen LogP contribution in [0.4, 0.5) is 9.59 Å². The second-order valence-electron chi connectivity index (χ2n) is 6.05. The highest BCUT2D eigenvalue weighted by Gasteiger charge is 2.64. The minimum atomic E-state index is -2.30. The third-order valence-corrected chi connectivity index (χ3v) is 3.71. The fraction of sp³-hybridized carbons (Fsp3) is 0.444. The first-order chi connectivity index (χ1) is 13.6. The SMILES string of the molecule is [CH2]COC1([C]2OC(=O)OCC2OC(=O)C(=C)C)OC(=O)OCC1OC(=O)C(=C)C. The summed E-state index contributed by atoms with van der Waals surface area (Å²) in [5.41, 5.74) is 0.0762. The maximum Gasteiger partial charge on any atom is 0.511 e. The third kappa shape index (κ3) is 4.86. The van der Waals surface area contributed by atoms with Gasteiger partial charge in [0.25, 0.3) is 6.10 Å². The molecule has 2 aliphatic heterocycles. The molecule has 0 aliphatic carbocycles. The lowest BCUT2D eigenvalue weighted by molar-refractivity contribution is -0.311. The van der Waals surface area contributed by atoms with E-state index in [1.807, 2.05) is 0 Å². The van der Waals surface area contributed by atoms with Crippen molar-refractivity contribution in [2.24, 2.45) is 0 Å². The van der Waals surface area contributed by atoms with Crippen LogP contribution >= 0.6 is 0 Å². The summed E-state index contributed by atoms with van der Waals surface area (Å²) in [6.45, 7) is 11.9. The molecule has 3 atom stereocenters. The number of hydrogen-bond acceptors (Lipinski definition) is 11. The Morgan fingerprint density at radius 1 is 1.03 bits per heavy atom.